The standard InChI is InChI=1S/C25H26Cl2N4O2/c1-14(2)12-28-24(32)17-6-8-21(15(3)10-17)30-25(33)19-13-29-31(23(19)16-4-5-16)22-9-7-18(26)11-20(22)27/h6-11,13-14,16H,4-5,12H2,1-3H3,(H,28,32)(H,30,33). The van der Waals surface area contributed by atoms with Crippen molar-refractivity contribution < 1.29 is 9.59 Å². The third-order valence-corrected chi connectivity index (χ3v) is 6.10. The molecule has 2 N–H and O–H groups in total. The van der Waals surface area contributed by atoms with E-state index >= 15 is 0 Å². The zero-order valence-corrected chi connectivity index (χ0v) is 20.3. The van der Waals surface area contributed by atoms with E-state index in [9.17, 15) is 9.59 Å². The number of nitrogens with one attached hydrogen (secondary N) is 2. The second-order valence-electron chi connectivity index (χ2n) is 8.81. The van der Waals surface area contributed by atoms with Crippen LogP contribution < -0.4 is 10.6 Å². The number of anilines is 1. The molecular weight excluding hydrogens is 459 g/mol. The van der Waals surface area contributed by atoms with Crippen LogP contribution in [0.25, 0.3) is 5.69 Å². The summed E-state index contributed by atoms with van der Waals surface area (Å²) in [5.41, 5.74) is 4.08. The third kappa shape index (κ3) is 5.23. The molecule has 0 atom stereocenters. The summed E-state index contributed by atoms with van der Waals surface area (Å²) in [6.45, 7) is 6.57. The highest BCUT2D eigenvalue weighted by Gasteiger charge is 2.33. The van der Waals surface area contributed by atoms with Crippen LogP contribution in [0.3, 0.4) is 0 Å². The highest BCUT2D eigenvalue weighted by molar-refractivity contribution is 6.35. The SMILES string of the molecule is Cc1cc(C(=O)NCC(C)C)ccc1NC(=O)c1cnn(-c2ccc(Cl)cc2Cl)c1C1CC1. The Morgan fingerprint density at radius 2 is 1.88 bits per heavy atom. The lowest BCUT2D eigenvalue weighted by molar-refractivity contribution is 0.0948. The van der Waals surface area contributed by atoms with Crippen molar-refractivity contribution in [2.75, 3.05) is 11.9 Å². The number of aromatic nitrogens is 2. The van der Waals surface area contributed by atoms with Crippen LogP contribution >= 0.6 is 23.2 Å². The molecule has 2 aromatic carbocycles. The predicted molar refractivity (Wildman–Crippen MR) is 132 cm³/mol. The fourth-order valence-electron chi connectivity index (χ4n) is 3.66. The average Bonchev–Trinajstić information content (AvgIpc) is 3.51. The predicted octanol–water partition coefficient (Wildman–Crippen LogP) is 6.00. The molecule has 1 heterocycles. The smallest absolute Gasteiger partial charge is 0.259 e. The number of amides is 2. The molecule has 4 rings (SSSR count). The lowest BCUT2D eigenvalue weighted by atomic mass is 10.1. The van der Waals surface area contributed by atoms with E-state index in [1.54, 1.807) is 47.3 Å². The van der Waals surface area contributed by atoms with Crippen molar-refractivity contribution in [1.29, 1.82) is 0 Å². The maximum atomic E-state index is 13.2. The minimum absolute atomic E-state index is 0.123. The first-order chi connectivity index (χ1) is 15.7. The Hall–Kier alpha value is -2.83. The van der Waals surface area contributed by atoms with Gasteiger partial charge in [-0.15, -0.1) is 0 Å². The van der Waals surface area contributed by atoms with Crippen LogP contribution in [0.1, 0.15) is 64.6 Å². The summed E-state index contributed by atoms with van der Waals surface area (Å²) in [6.07, 6.45) is 3.57. The molecule has 172 valence electrons. The van der Waals surface area contributed by atoms with Crippen molar-refractivity contribution in [2.24, 2.45) is 5.92 Å². The van der Waals surface area contributed by atoms with E-state index in [4.69, 9.17) is 23.2 Å². The minimum atomic E-state index is -0.242. The van der Waals surface area contributed by atoms with E-state index in [0.29, 0.717) is 45.0 Å². The van der Waals surface area contributed by atoms with E-state index < -0.39 is 0 Å². The number of hydrogen-bond donors (Lipinski definition) is 2. The summed E-state index contributed by atoms with van der Waals surface area (Å²) in [5.74, 6) is 0.265. The molecule has 2 amide bonds. The monoisotopic (exact) mass is 484 g/mol. The molecule has 1 aromatic heterocycles. The summed E-state index contributed by atoms with van der Waals surface area (Å²) in [7, 11) is 0. The largest absolute Gasteiger partial charge is 0.352 e. The molecule has 3 aromatic rings. The van der Waals surface area contributed by atoms with Gasteiger partial charge in [-0.1, -0.05) is 37.0 Å². The number of carbonyl (C=O) groups excluding carboxylic acids is 2. The van der Waals surface area contributed by atoms with Gasteiger partial charge in [-0.25, -0.2) is 4.68 Å². The van der Waals surface area contributed by atoms with Gasteiger partial charge >= 0.3 is 0 Å². The van der Waals surface area contributed by atoms with Crippen LogP contribution in [0.4, 0.5) is 5.69 Å². The van der Waals surface area contributed by atoms with Crippen LogP contribution in [0.5, 0.6) is 0 Å². The Labute approximate surface area is 203 Å². The van der Waals surface area contributed by atoms with Crippen LogP contribution in [-0.2, 0) is 0 Å². The van der Waals surface area contributed by atoms with Gasteiger partial charge in [-0.05, 0) is 67.6 Å². The second kappa shape index (κ2) is 9.57. The number of benzene rings is 2. The number of rotatable bonds is 7. The van der Waals surface area contributed by atoms with Gasteiger partial charge in [-0.3, -0.25) is 9.59 Å². The molecule has 33 heavy (non-hydrogen) atoms. The van der Waals surface area contributed by atoms with E-state index in [1.165, 1.54) is 0 Å². The Bertz CT molecular complexity index is 1220. The Morgan fingerprint density at radius 3 is 2.52 bits per heavy atom. The van der Waals surface area contributed by atoms with Gasteiger partial charge in [0.25, 0.3) is 11.8 Å². The van der Waals surface area contributed by atoms with E-state index in [2.05, 4.69) is 15.7 Å². The lowest BCUT2D eigenvalue weighted by Gasteiger charge is -2.13. The quantitative estimate of drug-likeness (QED) is 0.431. The molecule has 0 saturated heterocycles. The maximum Gasteiger partial charge on any atom is 0.259 e. The molecule has 1 aliphatic rings. The van der Waals surface area contributed by atoms with Crippen LogP contribution in [-0.4, -0.2) is 28.1 Å². The Balaban J connectivity index is 1.57. The number of aryl methyl sites for hydroxylation is 1. The van der Waals surface area contributed by atoms with Gasteiger partial charge in [0.2, 0.25) is 0 Å². The first kappa shape index (κ1) is 23.3. The van der Waals surface area contributed by atoms with Crippen LogP contribution in [0.2, 0.25) is 10.0 Å². The van der Waals surface area contributed by atoms with Crippen molar-refractivity contribution in [3.8, 4) is 5.69 Å². The number of hydrogen-bond acceptors (Lipinski definition) is 3. The van der Waals surface area contributed by atoms with Gasteiger partial charge in [0.05, 0.1) is 28.2 Å². The van der Waals surface area contributed by atoms with Crippen LogP contribution in [0, 0.1) is 12.8 Å². The zero-order valence-electron chi connectivity index (χ0n) is 18.8. The summed E-state index contributed by atoms with van der Waals surface area (Å²) in [6, 6.07) is 10.5. The summed E-state index contributed by atoms with van der Waals surface area (Å²) in [4.78, 5) is 25.5. The Kier molecular flexibility index (Phi) is 6.77. The lowest BCUT2D eigenvalue weighted by Crippen LogP contribution is -2.27. The highest BCUT2D eigenvalue weighted by atomic mass is 35.5. The topological polar surface area (TPSA) is 76.0 Å². The molecule has 0 aliphatic heterocycles. The maximum absolute atomic E-state index is 13.2. The highest BCUT2D eigenvalue weighted by Crippen LogP contribution is 2.43. The van der Waals surface area contributed by atoms with Crippen LogP contribution in [0.15, 0.2) is 42.6 Å². The van der Waals surface area contributed by atoms with Gasteiger partial charge in [0.15, 0.2) is 0 Å². The van der Waals surface area contributed by atoms with Gasteiger partial charge in [0, 0.05) is 28.7 Å². The van der Waals surface area contributed by atoms with Crippen molar-refractivity contribution in [1.82, 2.24) is 15.1 Å². The zero-order chi connectivity index (χ0) is 23.7. The van der Waals surface area contributed by atoms with Crippen molar-refractivity contribution >= 4 is 40.7 Å². The molecular formula is C25H26Cl2N4O2. The molecule has 1 saturated carbocycles. The molecule has 8 heteroatoms. The first-order valence-electron chi connectivity index (χ1n) is 11.0. The van der Waals surface area contributed by atoms with Gasteiger partial charge < -0.3 is 10.6 Å². The number of carbonyl (C=O) groups is 2. The van der Waals surface area contributed by atoms with Gasteiger partial charge in [0.1, 0.15) is 0 Å². The molecule has 0 radical (unpaired) electrons. The van der Waals surface area contributed by atoms with Crippen molar-refractivity contribution in [2.45, 2.75) is 39.5 Å². The Morgan fingerprint density at radius 1 is 1.12 bits per heavy atom. The molecule has 1 aliphatic carbocycles. The summed E-state index contributed by atoms with van der Waals surface area (Å²) in [5, 5.41) is 11.4. The average molecular weight is 485 g/mol. The van der Waals surface area contributed by atoms with E-state index in [1.807, 2.05) is 20.8 Å². The molecule has 6 nitrogen and oxygen atoms in total. The van der Waals surface area contributed by atoms with Crippen molar-refractivity contribution in [3.63, 3.8) is 0 Å². The van der Waals surface area contributed by atoms with Gasteiger partial charge in [-0.2, -0.15) is 5.10 Å². The number of halogens is 2. The second-order valence-corrected chi connectivity index (χ2v) is 9.66. The first-order valence-corrected chi connectivity index (χ1v) is 11.7. The molecule has 0 bridgehead atoms. The van der Waals surface area contributed by atoms with Crippen molar-refractivity contribution in [3.05, 3.63) is 75.0 Å². The summed E-state index contributed by atoms with van der Waals surface area (Å²) < 4.78 is 1.74. The normalized spacial score (nSPS) is 13.3. The fraction of sp³-hybridized carbons (Fsp3) is 0.320. The fourth-order valence-corrected chi connectivity index (χ4v) is 4.15. The third-order valence-electron chi connectivity index (χ3n) is 5.56. The molecule has 0 unspecified atom stereocenters. The summed E-state index contributed by atoms with van der Waals surface area (Å²) >= 11 is 12.4. The number of nitrogens with zero attached hydrogens (tertiary/aromatic N) is 2. The molecule has 1 fully saturated rings. The van der Waals surface area contributed by atoms with E-state index in [0.717, 1.165) is 24.1 Å². The minimum Gasteiger partial charge on any atom is -0.352 e. The molecule has 0 spiro atoms. The van der Waals surface area contributed by atoms with E-state index in [-0.39, 0.29) is 17.7 Å².